The molecule has 0 saturated carbocycles. The van der Waals surface area contributed by atoms with Gasteiger partial charge in [-0.2, -0.15) is 5.10 Å². The standard InChI is InChI=1S/C21H22N4O3S/c1-15-20(25(27)28)16(2)24(23-15)14-17-8-10-18(11-9-17)21(26)22-12-13-29-19-6-4-3-5-7-19/h3-11H,12-14H2,1-2H3,(H,22,26). The van der Waals surface area contributed by atoms with Crippen LogP contribution in [-0.4, -0.2) is 32.9 Å². The lowest BCUT2D eigenvalue weighted by molar-refractivity contribution is -0.386. The Morgan fingerprint density at radius 2 is 1.83 bits per heavy atom. The number of aromatic nitrogens is 2. The van der Waals surface area contributed by atoms with E-state index in [0.717, 1.165) is 11.3 Å². The van der Waals surface area contributed by atoms with Crippen LogP contribution in [0.3, 0.4) is 0 Å². The third kappa shape index (κ3) is 5.23. The second kappa shape index (κ2) is 9.38. The Bertz CT molecular complexity index is 1000. The predicted molar refractivity (Wildman–Crippen MR) is 113 cm³/mol. The van der Waals surface area contributed by atoms with E-state index in [9.17, 15) is 14.9 Å². The van der Waals surface area contributed by atoms with Crippen molar-refractivity contribution in [3.05, 3.63) is 87.2 Å². The molecule has 0 saturated heterocycles. The smallest absolute Gasteiger partial charge is 0.312 e. The van der Waals surface area contributed by atoms with E-state index in [1.54, 1.807) is 42.4 Å². The maximum atomic E-state index is 12.3. The molecule has 150 valence electrons. The van der Waals surface area contributed by atoms with Crippen molar-refractivity contribution in [3.63, 3.8) is 0 Å². The minimum absolute atomic E-state index is 0.0503. The minimum Gasteiger partial charge on any atom is -0.351 e. The number of hydrogen-bond donors (Lipinski definition) is 1. The molecule has 0 atom stereocenters. The molecule has 0 aliphatic carbocycles. The first-order chi connectivity index (χ1) is 14.0. The van der Waals surface area contributed by atoms with E-state index in [-0.39, 0.29) is 11.6 Å². The Balaban J connectivity index is 1.54. The molecule has 0 spiro atoms. The Morgan fingerprint density at radius 1 is 1.14 bits per heavy atom. The Morgan fingerprint density at radius 3 is 2.45 bits per heavy atom. The van der Waals surface area contributed by atoms with Crippen LogP contribution in [0.1, 0.15) is 27.3 Å². The fourth-order valence-corrected chi connectivity index (χ4v) is 3.78. The molecule has 0 radical (unpaired) electrons. The van der Waals surface area contributed by atoms with E-state index in [1.807, 2.05) is 42.5 Å². The molecule has 0 aliphatic heterocycles. The molecular weight excluding hydrogens is 388 g/mol. The highest BCUT2D eigenvalue weighted by Gasteiger charge is 2.21. The fraction of sp³-hybridized carbons (Fsp3) is 0.238. The first kappa shape index (κ1) is 20.6. The van der Waals surface area contributed by atoms with Crippen molar-refractivity contribution in [1.82, 2.24) is 15.1 Å². The van der Waals surface area contributed by atoms with E-state index >= 15 is 0 Å². The van der Waals surface area contributed by atoms with Crippen molar-refractivity contribution in [3.8, 4) is 0 Å². The van der Waals surface area contributed by atoms with E-state index in [1.165, 1.54) is 4.90 Å². The van der Waals surface area contributed by atoms with Crippen LogP contribution in [0.4, 0.5) is 5.69 Å². The highest BCUT2D eigenvalue weighted by atomic mass is 32.2. The third-order valence-electron chi connectivity index (χ3n) is 4.47. The van der Waals surface area contributed by atoms with Crippen LogP contribution in [-0.2, 0) is 6.54 Å². The fourth-order valence-electron chi connectivity index (χ4n) is 2.99. The average molecular weight is 410 g/mol. The van der Waals surface area contributed by atoms with Gasteiger partial charge < -0.3 is 5.32 Å². The van der Waals surface area contributed by atoms with E-state index in [4.69, 9.17) is 0 Å². The summed E-state index contributed by atoms with van der Waals surface area (Å²) in [6.45, 7) is 4.31. The molecule has 3 rings (SSSR count). The number of amides is 1. The molecule has 3 aromatic rings. The highest BCUT2D eigenvalue weighted by molar-refractivity contribution is 7.99. The Labute approximate surface area is 173 Å². The van der Waals surface area contributed by atoms with Crippen molar-refractivity contribution >= 4 is 23.4 Å². The molecule has 1 N–H and O–H groups in total. The molecule has 2 aromatic carbocycles. The van der Waals surface area contributed by atoms with Gasteiger partial charge in [-0.25, -0.2) is 0 Å². The van der Waals surface area contributed by atoms with Gasteiger partial charge in [-0.3, -0.25) is 19.6 Å². The number of nitro groups is 1. The molecule has 1 aromatic heterocycles. The number of carbonyl (C=O) groups excluding carboxylic acids is 1. The van der Waals surface area contributed by atoms with Gasteiger partial charge in [0, 0.05) is 22.8 Å². The maximum absolute atomic E-state index is 12.3. The number of benzene rings is 2. The molecule has 0 unspecified atom stereocenters. The van der Waals surface area contributed by atoms with Gasteiger partial charge in [-0.15, -0.1) is 11.8 Å². The second-order valence-corrected chi connectivity index (χ2v) is 7.72. The second-order valence-electron chi connectivity index (χ2n) is 6.55. The molecule has 8 heteroatoms. The van der Waals surface area contributed by atoms with Gasteiger partial charge in [0.25, 0.3) is 5.91 Å². The molecule has 0 aliphatic rings. The lowest BCUT2D eigenvalue weighted by Crippen LogP contribution is -2.25. The summed E-state index contributed by atoms with van der Waals surface area (Å²) in [5.41, 5.74) is 2.47. The summed E-state index contributed by atoms with van der Waals surface area (Å²) in [6, 6.07) is 17.3. The number of thioether (sulfide) groups is 1. The number of rotatable bonds is 8. The summed E-state index contributed by atoms with van der Waals surface area (Å²) in [4.78, 5) is 24.2. The van der Waals surface area contributed by atoms with E-state index in [0.29, 0.717) is 30.0 Å². The first-order valence-corrected chi connectivity index (χ1v) is 10.2. The zero-order chi connectivity index (χ0) is 20.8. The van der Waals surface area contributed by atoms with Crippen LogP contribution in [0, 0.1) is 24.0 Å². The van der Waals surface area contributed by atoms with Crippen molar-refractivity contribution in [2.75, 3.05) is 12.3 Å². The summed E-state index contributed by atoms with van der Waals surface area (Å²) in [6.07, 6.45) is 0. The van der Waals surface area contributed by atoms with Gasteiger partial charge in [0.1, 0.15) is 11.4 Å². The maximum Gasteiger partial charge on any atom is 0.312 e. The molecular formula is C21H22N4O3S. The van der Waals surface area contributed by atoms with Gasteiger partial charge in [0.2, 0.25) is 0 Å². The molecule has 1 amide bonds. The summed E-state index contributed by atoms with van der Waals surface area (Å²) in [5, 5.41) is 18.3. The van der Waals surface area contributed by atoms with Crippen LogP contribution in [0.25, 0.3) is 0 Å². The topological polar surface area (TPSA) is 90.1 Å². The summed E-state index contributed by atoms with van der Waals surface area (Å²) in [7, 11) is 0. The molecule has 0 fully saturated rings. The van der Waals surface area contributed by atoms with Crippen molar-refractivity contribution < 1.29 is 9.72 Å². The van der Waals surface area contributed by atoms with Crippen LogP contribution in [0.5, 0.6) is 0 Å². The third-order valence-corrected chi connectivity index (χ3v) is 5.49. The first-order valence-electron chi connectivity index (χ1n) is 9.19. The van der Waals surface area contributed by atoms with E-state index < -0.39 is 4.92 Å². The van der Waals surface area contributed by atoms with Gasteiger partial charge in [-0.05, 0) is 43.7 Å². The summed E-state index contributed by atoms with van der Waals surface area (Å²) >= 11 is 1.70. The van der Waals surface area contributed by atoms with Crippen LogP contribution >= 0.6 is 11.8 Å². The lowest BCUT2D eigenvalue weighted by atomic mass is 10.1. The highest BCUT2D eigenvalue weighted by Crippen LogP contribution is 2.22. The average Bonchev–Trinajstić information content (AvgIpc) is 2.99. The summed E-state index contributed by atoms with van der Waals surface area (Å²) in [5.74, 6) is 0.678. The van der Waals surface area contributed by atoms with Crippen molar-refractivity contribution in [2.24, 2.45) is 0 Å². The molecule has 0 bridgehead atoms. The number of hydrogen-bond acceptors (Lipinski definition) is 5. The number of nitrogens with one attached hydrogen (secondary N) is 1. The van der Waals surface area contributed by atoms with Crippen molar-refractivity contribution in [2.45, 2.75) is 25.3 Å². The Kier molecular flexibility index (Phi) is 6.66. The van der Waals surface area contributed by atoms with Gasteiger partial charge in [-0.1, -0.05) is 30.3 Å². The predicted octanol–water partition coefficient (Wildman–Crippen LogP) is 3.98. The van der Waals surface area contributed by atoms with E-state index in [2.05, 4.69) is 10.4 Å². The Hall–Kier alpha value is -3.13. The largest absolute Gasteiger partial charge is 0.351 e. The molecule has 29 heavy (non-hydrogen) atoms. The normalized spacial score (nSPS) is 10.7. The van der Waals surface area contributed by atoms with Gasteiger partial charge in [0.15, 0.2) is 0 Å². The number of aryl methyl sites for hydroxylation is 1. The lowest BCUT2D eigenvalue weighted by Gasteiger charge is -2.07. The minimum atomic E-state index is -0.405. The zero-order valence-corrected chi connectivity index (χ0v) is 17.1. The van der Waals surface area contributed by atoms with Crippen LogP contribution < -0.4 is 5.32 Å². The zero-order valence-electron chi connectivity index (χ0n) is 16.3. The van der Waals surface area contributed by atoms with Crippen molar-refractivity contribution in [1.29, 1.82) is 0 Å². The SMILES string of the molecule is Cc1nn(Cc2ccc(C(=O)NCCSc3ccccc3)cc2)c(C)c1[N+](=O)[O-]. The monoisotopic (exact) mass is 410 g/mol. The van der Waals surface area contributed by atoms with Crippen LogP contribution in [0.2, 0.25) is 0 Å². The quantitative estimate of drug-likeness (QED) is 0.263. The van der Waals surface area contributed by atoms with Crippen LogP contribution in [0.15, 0.2) is 59.5 Å². The summed E-state index contributed by atoms with van der Waals surface area (Å²) < 4.78 is 1.61. The number of carbonyl (C=O) groups is 1. The molecule has 1 heterocycles. The van der Waals surface area contributed by atoms with Gasteiger partial charge >= 0.3 is 5.69 Å². The van der Waals surface area contributed by atoms with Gasteiger partial charge in [0.05, 0.1) is 11.5 Å². The number of nitrogens with zero attached hydrogens (tertiary/aromatic N) is 3. The molecule has 7 nitrogen and oxygen atoms in total.